The van der Waals surface area contributed by atoms with Gasteiger partial charge in [-0.2, -0.15) is 0 Å². The Kier molecular flexibility index (Phi) is 4.81. The van der Waals surface area contributed by atoms with E-state index >= 15 is 0 Å². The summed E-state index contributed by atoms with van der Waals surface area (Å²) in [5.74, 6) is -1.85. The summed E-state index contributed by atoms with van der Waals surface area (Å²) in [6, 6.07) is 6.42. The first-order chi connectivity index (χ1) is 10.4. The van der Waals surface area contributed by atoms with Crippen molar-refractivity contribution in [3.63, 3.8) is 0 Å². The molecule has 6 nitrogen and oxygen atoms in total. The number of carbonyl (C=O) groups excluding carboxylic acids is 2. The molecule has 0 heterocycles. The molecule has 0 bridgehead atoms. The molecule has 1 saturated carbocycles. The third-order valence-electron chi connectivity index (χ3n) is 4.22. The fraction of sp³-hybridized carbons (Fsp3) is 0.467. The maximum absolute atomic E-state index is 12.4. The van der Waals surface area contributed by atoms with Gasteiger partial charge in [0, 0.05) is 16.4 Å². The zero-order valence-electron chi connectivity index (χ0n) is 12.1. The van der Waals surface area contributed by atoms with Crippen LogP contribution in [0.4, 0.5) is 0 Å². The second-order valence-corrected chi connectivity index (χ2v) is 5.80. The van der Waals surface area contributed by atoms with Crippen LogP contribution in [0.3, 0.4) is 0 Å². The third kappa shape index (κ3) is 2.83. The van der Waals surface area contributed by atoms with Crippen molar-refractivity contribution in [3.05, 3.63) is 45.0 Å². The number of ketones is 1. The number of carbonyl (C=O) groups is 2. The Morgan fingerprint density at radius 3 is 2.55 bits per heavy atom. The molecule has 1 aliphatic rings. The molecule has 22 heavy (non-hydrogen) atoms. The number of Topliss-reactive ketones (excluding diaryl/α,β-unsaturated/α-hetero) is 1. The molecule has 1 aromatic rings. The molecule has 2 rings (SSSR count). The summed E-state index contributed by atoms with van der Waals surface area (Å²) in [4.78, 5) is 35.3. The molecule has 1 aliphatic carbocycles. The van der Waals surface area contributed by atoms with Gasteiger partial charge in [0.05, 0.1) is 13.0 Å². The lowest BCUT2D eigenvalue weighted by atomic mass is 9.70. The molecule has 118 valence electrons. The van der Waals surface area contributed by atoms with Gasteiger partial charge >= 0.3 is 5.97 Å². The summed E-state index contributed by atoms with van der Waals surface area (Å²) in [7, 11) is 1.20. The quantitative estimate of drug-likeness (QED) is 0.359. The van der Waals surface area contributed by atoms with E-state index in [1.165, 1.54) is 7.11 Å². The molecular formula is C15H16ClNO5. The predicted molar refractivity (Wildman–Crippen MR) is 79.4 cm³/mol. The zero-order chi connectivity index (χ0) is 16.3. The number of nitro groups is 1. The highest BCUT2D eigenvalue weighted by Gasteiger charge is 2.57. The van der Waals surface area contributed by atoms with Gasteiger partial charge in [-0.1, -0.05) is 23.7 Å². The summed E-state index contributed by atoms with van der Waals surface area (Å²) in [6.07, 6.45) is 1.02. The summed E-state index contributed by atoms with van der Waals surface area (Å²) in [5, 5.41) is 11.6. The Morgan fingerprint density at radius 2 is 2.09 bits per heavy atom. The lowest BCUT2D eigenvalue weighted by Gasteiger charge is -2.31. The van der Waals surface area contributed by atoms with E-state index in [0.717, 1.165) is 0 Å². The largest absolute Gasteiger partial charge is 0.468 e. The first kappa shape index (κ1) is 16.4. The van der Waals surface area contributed by atoms with Crippen molar-refractivity contribution in [3.8, 4) is 0 Å². The molecule has 7 heteroatoms. The van der Waals surface area contributed by atoms with Crippen molar-refractivity contribution in [2.45, 2.75) is 25.2 Å². The molecule has 0 unspecified atom stereocenters. The van der Waals surface area contributed by atoms with Crippen molar-refractivity contribution in [1.29, 1.82) is 0 Å². The Labute approximate surface area is 132 Å². The summed E-state index contributed by atoms with van der Waals surface area (Å²) < 4.78 is 4.81. The Hall–Kier alpha value is -1.95. The van der Waals surface area contributed by atoms with Crippen molar-refractivity contribution >= 4 is 23.4 Å². The second kappa shape index (κ2) is 6.44. The monoisotopic (exact) mass is 325 g/mol. The Morgan fingerprint density at radius 1 is 1.45 bits per heavy atom. The number of ether oxygens (including phenoxy) is 1. The van der Waals surface area contributed by atoms with Crippen LogP contribution in [-0.2, 0) is 14.3 Å². The first-order valence-electron chi connectivity index (χ1n) is 6.91. The van der Waals surface area contributed by atoms with Gasteiger partial charge < -0.3 is 4.74 Å². The molecular weight excluding hydrogens is 310 g/mol. The topological polar surface area (TPSA) is 86.5 Å². The van der Waals surface area contributed by atoms with Crippen LogP contribution in [0.2, 0.25) is 5.02 Å². The highest BCUT2D eigenvalue weighted by atomic mass is 35.5. The van der Waals surface area contributed by atoms with Gasteiger partial charge in [-0.3, -0.25) is 19.7 Å². The van der Waals surface area contributed by atoms with Crippen molar-refractivity contribution in [2.75, 3.05) is 13.7 Å². The molecule has 0 aliphatic heterocycles. The minimum Gasteiger partial charge on any atom is -0.468 e. The number of rotatable bonds is 5. The molecule has 0 N–H and O–H groups in total. The number of esters is 1. The number of hydrogen-bond donors (Lipinski definition) is 0. The molecule has 0 spiro atoms. The Bertz CT molecular complexity index is 600. The first-order valence-corrected chi connectivity index (χ1v) is 7.28. The van der Waals surface area contributed by atoms with Crippen molar-refractivity contribution < 1.29 is 19.2 Å². The van der Waals surface area contributed by atoms with Crippen LogP contribution in [0.15, 0.2) is 24.3 Å². The summed E-state index contributed by atoms with van der Waals surface area (Å²) in [6.45, 7) is -0.511. The van der Waals surface area contributed by atoms with E-state index in [1.807, 2.05) is 0 Å². The van der Waals surface area contributed by atoms with Gasteiger partial charge in [0.1, 0.15) is 5.41 Å². The van der Waals surface area contributed by atoms with Crippen LogP contribution in [0.1, 0.15) is 30.7 Å². The minimum atomic E-state index is -1.48. The number of hydrogen-bond acceptors (Lipinski definition) is 5. The molecule has 0 aromatic heterocycles. The standard InChI is InChI=1S/C15H16ClNO5/c1-22-14(19)15(8-2-3-13(15)18)12(9-17(20)21)10-4-6-11(16)7-5-10/h4-7,12H,2-3,8-9H2,1H3/t12-,15+/m1/s1. The van der Waals surface area contributed by atoms with Crippen LogP contribution >= 0.6 is 11.6 Å². The second-order valence-electron chi connectivity index (χ2n) is 5.36. The maximum atomic E-state index is 12.4. The molecule has 0 amide bonds. The average Bonchev–Trinajstić information content (AvgIpc) is 2.87. The fourth-order valence-electron chi connectivity index (χ4n) is 3.19. The van der Waals surface area contributed by atoms with E-state index in [-0.39, 0.29) is 18.6 Å². The van der Waals surface area contributed by atoms with Crippen LogP contribution in [0, 0.1) is 15.5 Å². The van der Waals surface area contributed by atoms with E-state index in [1.54, 1.807) is 24.3 Å². The third-order valence-corrected chi connectivity index (χ3v) is 4.47. The van der Waals surface area contributed by atoms with Gasteiger partial charge in [-0.05, 0) is 30.5 Å². The molecule has 2 atom stereocenters. The van der Waals surface area contributed by atoms with E-state index in [0.29, 0.717) is 17.0 Å². The van der Waals surface area contributed by atoms with Crippen molar-refractivity contribution in [2.24, 2.45) is 5.41 Å². The molecule has 0 saturated heterocycles. The van der Waals surface area contributed by atoms with Crippen molar-refractivity contribution in [1.82, 2.24) is 0 Å². The minimum absolute atomic E-state index is 0.233. The van der Waals surface area contributed by atoms with Crippen LogP contribution in [0.5, 0.6) is 0 Å². The summed E-state index contributed by atoms with van der Waals surface area (Å²) in [5.41, 5.74) is -0.933. The zero-order valence-corrected chi connectivity index (χ0v) is 12.8. The highest BCUT2D eigenvalue weighted by molar-refractivity contribution is 6.30. The number of nitrogens with zero attached hydrogens (tertiary/aromatic N) is 1. The average molecular weight is 326 g/mol. The van der Waals surface area contributed by atoms with Crippen LogP contribution < -0.4 is 0 Å². The SMILES string of the molecule is COC(=O)[C@]1([C@H](C[N+](=O)[O-])c2ccc(Cl)cc2)CCCC1=O. The maximum Gasteiger partial charge on any atom is 0.320 e. The number of benzene rings is 1. The van der Waals surface area contributed by atoms with Gasteiger partial charge in [0.25, 0.3) is 0 Å². The van der Waals surface area contributed by atoms with E-state index in [4.69, 9.17) is 16.3 Å². The molecule has 0 radical (unpaired) electrons. The van der Waals surface area contributed by atoms with Gasteiger partial charge in [-0.25, -0.2) is 0 Å². The van der Waals surface area contributed by atoms with E-state index in [9.17, 15) is 19.7 Å². The number of halogens is 1. The predicted octanol–water partition coefficient (Wildman–Crippen LogP) is 2.61. The van der Waals surface area contributed by atoms with Crippen LogP contribution in [0.25, 0.3) is 0 Å². The van der Waals surface area contributed by atoms with Gasteiger partial charge in [0.15, 0.2) is 5.78 Å². The molecule has 1 aromatic carbocycles. The van der Waals surface area contributed by atoms with Gasteiger partial charge in [-0.15, -0.1) is 0 Å². The molecule has 1 fully saturated rings. The Balaban J connectivity index is 2.54. The van der Waals surface area contributed by atoms with Gasteiger partial charge in [0.2, 0.25) is 6.54 Å². The van der Waals surface area contributed by atoms with Crippen LogP contribution in [-0.4, -0.2) is 30.3 Å². The normalized spacial score (nSPS) is 22.4. The number of methoxy groups -OCH3 is 1. The highest BCUT2D eigenvalue weighted by Crippen LogP contribution is 2.47. The summed E-state index contributed by atoms with van der Waals surface area (Å²) >= 11 is 5.84. The van der Waals surface area contributed by atoms with E-state index in [2.05, 4.69) is 0 Å². The smallest absolute Gasteiger partial charge is 0.320 e. The lowest BCUT2D eigenvalue weighted by Crippen LogP contribution is -2.44. The fourth-order valence-corrected chi connectivity index (χ4v) is 3.32. The lowest BCUT2D eigenvalue weighted by molar-refractivity contribution is -0.485. The van der Waals surface area contributed by atoms with E-state index < -0.39 is 28.8 Å².